The summed E-state index contributed by atoms with van der Waals surface area (Å²) in [5.74, 6) is 1.74. The summed E-state index contributed by atoms with van der Waals surface area (Å²) in [5.41, 5.74) is 1.25. The minimum Gasteiger partial charge on any atom is -0.457 e. The Kier molecular flexibility index (Phi) is 5.41. The van der Waals surface area contributed by atoms with Crippen LogP contribution >= 0.6 is 0 Å². The minimum absolute atomic E-state index is 0.778. The molecule has 2 rings (SSSR count). The average molecular weight is 258 g/mol. The molecule has 0 saturated heterocycles. The molecule has 0 aromatic heterocycles. The molecule has 3 heteroatoms. The second kappa shape index (κ2) is 7.56. The van der Waals surface area contributed by atoms with Gasteiger partial charge in [-0.25, -0.2) is 0 Å². The van der Waals surface area contributed by atoms with Crippen molar-refractivity contribution in [1.82, 2.24) is 0 Å². The van der Waals surface area contributed by atoms with E-state index in [0.29, 0.717) is 0 Å². The van der Waals surface area contributed by atoms with Crippen molar-refractivity contribution in [3.63, 3.8) is 0 Å². The lowest BCUT2D eigenvalue weighted by Crippen LogP contribution is -2.83. The first-order valence-electron chi connectivity index (χ1n) is 6.51. The molecule has 0 heterocycles. The Morgan fingerprint density at radius 3 is 2.53 bits per heavy atom. The first-order chi connectivity index (χ1) is 9.38. The van der Waals surface area contributed by atoms with E-state index in [4.69, 9.17) is 9.47 Å². The van der Waals surface area contributed by atoms with Crippen LogP contribution in [0.2, 0.25) is 0 Å². The molecule has 0 spiro atoms. The third-order valence-electron chi connectivity index (χ3n) is 2.78. The lowest BCUT2D eigenvalue weighted by molar-refractivity contribution is -0.671. The van der Waals surface area contributed by atoms with Crippen molar-refractivity contribution in [2.24, 2.45) is 0 Å². The Hall–Kier alpha value is -1.84. The van der Waals surface area contributed by atoms with E-state index in [1.165, 1.54) is 5.56 Å². The van der Waals surface area contributed by atoms with E-state index in [1.807, 2.05) is 42.5 Å². The monoisotopic (exact) mass is 258 g/mol. The summed E-state index contributed by atoms with van der Waals surface area (Å²) in [6.45, 7) is 2.69. The number of rotatable bonds is 7. The van der Waals surface area contributed by atoms with Gasteiger partial charge in [-0.15, -0.1) is 0 Å². The van der Waals surface area contributed by atoms with Crippen LogP contribution in [0, 0.1) is 0 Å². The van der Waals surface area contributed by atoms with Crippen molar-refractivity contribution in [1.29, 1.82) is 0 Å². The molecular weight excluding hydrogens is 238 g/mol. The van der Waals surface area contributed by atoms with Crippen molar-refractivity contribution in [3.8, 4) is 11.5 Å². The number of benzene rings is 2. The largest absolute Gasteiger partial charge is 0.457 e. The van der Waals surface area contributed by atoms with Gasteiger partial charge >= 0.3 is 0 Å². The van der Waals surface area contributed by atoms with Gasteiger partial charge in [0.1, 0.15) is 18.0 Å². The molecule has 0 aliphatic heterocycles. The molecule has 19 heavy (non-hydrogen) atoms. The fourth-order valence-electron chi connectivity index (χ4n) is 1.83. The lowest BCUT2D eigenvalue weighted by Gasteiger charge is -2.07. The van der Waals surface area contributed by atoms with Gasteiger partial charge in [0.15, 0.2) is 0 Å². The zero-order valence-electron chi connectivity index (χ0n) is 11.2. The molecule has 2 N–H and O–H groups in total. The second-order valence-corrected chi connectivity index (χ2v) is 4.34. The summed E-state index contributed by atoms with van der Waals surface area (Å²) in [5, 5.41) is 2.23. The van der Waals surface area contributed by atoms with Crippen molar-refractivity contribution in [2.45, 2.75) is 6.54 Å². The van der Waals surface area contributed by atoms with Crippen LogP contribution in [0.5, 0.6) is 11.5 Å². The normalized spacial score (nSPS) is 10.4. The number of hydrogen-bond donors (Lipinski definition) is 1. The van der Waals surface area contributed by atoms with Gasteiger partial charge < -0.3 is 14.8 Å². The molecule has 0 aliphatic rings. The fraction of sp³-hybridized carbons (Fsp3) is 0.250. The zero-order valence-corrected chi connectivity index (χ0v) is 11.2. The highest BCUT2D eigenvalue weighted by Gasteiger charge is 2.00. The molecule has 0 aliphatic carbocycles. The Morgan fingerprint density at radius 1 is 0.947 bits per heavy atom. The smallest absolute Gasteiger partial charge is 0.127 e. The van der Waals surface area contributed by atoms with Crippen LogP contribution in [0.4, 0.5) is 0 Å². The highest BCUT2D eigenvalue weighted by molar-refractivity contribution is 5.33. The van der Waals surface area contributed by atoms with E-state index in [1.54, 1.807) is 7.11 Å². The van der Waals surface area contributed by atoms with Crippen molar-refractivity contribution in [2.75, 3.05) is 20.3 Å². The molecule has 0 saturated carbocycles. The first-order valence-corrected chi connectivity index (χ1v) is 6.51. The van der Waals surface area contributed by atoms with E-state index in [2.05, 4.69) is 17.4 Å². The Morgan fingerprint density at radius 2 is 1.74 bits per heavy atom. The van der Waals surface area contributed by atoms with Gasteiger partial charge in [-0.3, -0.25) is 0 Å². The summed E-state index contributed by atoms with van der Waals surface area (Å²) in [6, 6.07) is 18.0. The van der Waals surface area contributed by atoms with Gasteiger partial charge in [-0.2, -0.15) is 0 Å². The number of nitrogens with two attached hydrogens (primary N) is 1. The molecular formula is C16H20NO2+. The van der Waals surface area contributed by atoms with E-state index in [9.17, 15) is 0 Å². The van der Waals surface area contributed by atoms with Gasteiger partial charge in [-0.1, -0.05) is 30.3 Å². The van der Waals surface area contributed by atoms with Crippen LogP contribution in [-0.4, -0.2) is 20.3 Å². The van der Waals surface area contributed by atoms with Gasteiger partial charge in [0.2, 0.25) is 0 Å². The molecule has 2 aromatic rings. The number of methoxy groups -OCH3 is 1. The maximum atomic E-state index is 5.81. The summed E-state index contributed by atoms with van der Waals surface area (Å²) < 4.78 is 10.8. The summed E-state index contributed by atoms with van der Waals surface area (Å²) >= 11 is 0. The molecule has 0 fully saturated rings. The van der Waals surface area contributed by atoms with Crippen molar-refractivity contribution < 1.29 is 14.8 Å². The van der Waals surface area contributed by atoms with Crippen LogP contribution in [-0.2, 0) is 11.3 Å². The lowest BCUT2D eigenvalue weighted by atomic mass is 10.2. The predicted octanol–water partition coefficient (Wildman–Crippen LogP) is 2.19. The van der Waals surface area contributed by atoms with E-state index in [0.717, 1.165) is 31.2 Å². The molecule has 0 bridgehead atoms. The van der Waals surface area contributed by atoms with Crippen LogP contribution in [0.1, 0.15) is 5.56 Å². The third-order valence-corrected chi connectivity index (χ3v) is 2.78. The first kappa shape index (κ1) is 13.6. The predicted molar refractivity (Wildman–Crippen MR) is 75.3 cm³/mol. The quantitative estimate of drug-likeness (QED) is 0.773. The Labute approximate surface area is 114 Å². The Bertz CT molecular complexity index is 485. The number of para-hydroxylation sites is 1. The topological polar surface area (TPSA) is 35.1 Å². The molecule has 2 aromatic carbocycles. The van der Waals surface area contributed by atoms with E-state index >= 15 is 0 Å². The highest BCUT2D eigenvalue weighted by atomic mass is 16.5. The molecule has 0 amide bonds. The third kappa shape index (κ3) is 4.73. The molecule has 0 atom stereocenters. The minimum atomic E-state index is 0.778. The fourth-order valence-corrected chi connectivity index (χ4v) is 1.83. The van der Waals surface area contributed by atoms with Crippen LogP contribution < -0.4 is 10.1 Å². The van der Waals surface area contributed by atoms with Crippen molar-refractivity contribution >= 4 is 0 Å². The van der Waals surface area contributed by atoms with Crippen LogP contribution in [0.3, 0.4) is 0 Å². The Balaban J connectivity index is 1.91. The van der Waals surface area contributed by atoms with Crippen LogP contribution in [0.25, 0.3) is 0 Å². The number of quaternary nitrogens is 1. The average Bonchev–Trinajstić information content (AvgIpc) is 2.45. The molecule has 0 radical (unpaired) electrons. The maximum Gasteiger partial charge on any atom is 0.127 e. The van der Waals surface area contributed by atoms with Crippen molar-refractivity contribution in [3.05, 3.63) is 60.2 Å². The number of ether oxygens (including phenoxy) is 2. The maximum absolute atomic E-state index is 5.81. The summed E-state index contributed by atoms with van der Waals surface area (Å²) in [7, 11) is 1.72. The van der Waals surface area contributed by atoms with Crippen LogP contribution in [0.15, 0.2) is 54.6 Å². The second-order valence-electron chi connectivity index (χ2n) is 4.34. The van der Waals surface area contributed by atoms with Gasteiger partial charge in [0, 0.05) is 12.7 Å². The molecule has 0 unspecified atom stereocenters. The van der Waals surface area contributed by atoms with E-state index in [-0.39, 0.29) is 0 Å². The van der Waals surface area contributed by atoms with E-state index < -0.39 is 0 Å². The summed E-state index contributed by atoms with van der Waals surface area (Å²) in [4.78, 5) is 0. The van der Waals surface area contributed by atoms with Gasteiger partial charge in [0.05, 0.1) is 13.2 Å². The molecule has 3 nitrogen and oxygen atoms in total. The zero-order chi connectivity index (χ0) is 13.3. The standard InChI is InChI=1S/C16H19NO2/c1-18-11-10-17-13-14-6-5-9-16(12-14)19-15-7-3-2-4-8-15/h2-9,12,17H,10-11,13H2,1H3/p+1. The van der Waals surface area contributed by atoms with Gasteiger partial charge in [0.25, 0.3) is 0 Å². The van der Waals surface area contributed by atoms with Gasteiger partial charge in [-0.05, 0) is 24.3 Å². The number of hydrogen-bond acceptors (Lipinski definition) is 2. The molecule has 100 valence electrons. The highest BCUT2D eigenvalue weighted by Crippen LogP contribution is 2.21. The SMILES string of the molecule is COCC[NH2+]Cc1cccc(Oc2ccccc2)c1. The summed E-state index contributed by atoms with van der Waals surface area (Å²) in [6.07, 6.45) is 0.